The van der Waals surface area contributed by atoms with Gasteiger partial charge < -0.3 is 0 Å². The number of hydrogen-bond donors (Lipinski definition) is 0. The summed E-state index contributed by atoms with van der Waals surface area (Å²) in [4.78, 5) is 13.6. The summed E-state index contributed by atoms with van der Waals surface area (Å²) in [6.45, 7) is 5.22. The molecule has 0 aliphatic heterocycles. The minimum absolute atomic E-state index is 0.431. The van der Waals surface area contributed by atoms with Gasteiger partial charge in [-0.15, -0.1) is 0 Å². The molecule has 0 saturated heterocycles. The van der Waals surface area contributed by atoms with Crippen LogP contribution in [-0.4, -0.2) is 25.5 Å². The van der Waals surface area contributed by atoms with Gasteiger partial charge in [-0.1, -0.05) is 0 Å². The molecule has 0 atom stereocenters. The molecule has 0 radical (unpaired) electrons. The Hall–Kier alpha value is -0.985. The van der Waals surface area contributed by atoms with Crippen LogP contribution in [0.4, 0.5) is 0 Å². The van der Waals surface area contributed by atoms with Gasteiger partial charge in [-0.2, -0.15) is 0 Å². The maximum atomic E-state index is 9.90. The molecule has 0 unspecified atom stereocenters. The predicted octanol–water partition coefficient (Wildman–Crippen LogP) is 0.254. The van der Waals surface area contributed by atoms with Gasteiger partial charge in [0.1, 0.15) is 0 Å². The van der Waals surface area contributed by atoms with Crippen molar-refractivity contribution in [3.63, 3.8) is 0 Å². The summed E-state index contributed by atoms with van der Waals surface area (Å²) in [7, 11) is 1.52. The number of rotatable bonds is 3. The van der Waals surface area contributed by atoms with Crippen LogP contribution in [0.1, 0.15) is 6.92 Å². The van der Waals surface area contributed by atoms with Crippen molar-refractivity contribution in [1.82, 2.24) is 0 Å². The van der Waals surface area contributed by atoms with Gasteiger partial charge in [-0.3, -0.25) is 0 Å². The molecular formula is C6H8BNO. The molecule has 3 heteroatoms. The molecule has 0 amide bonds. The second kappa shape index (κ2) is 5.16. The Kier molecular flexibility index (Phi) is 4.59. The van der Waals surface area contributed by atoms with E-state index in [4.69, 9.17) is 0 Å². The van der Waals surface area contributed by atoms with E-state index < -0.39 is 0 Å². The van der Waals surface area contributed by atoms with Crippen LogP contribution in [0, 0.1) is 0 Å². The van der Waals surface area contributed by atoms with E-state index >= 15 is 0 Å². The normalized spacial score (nSPS) is 9.89. The van der Waals surface area contributed by atoms with E-state index in [-0.39, 0.29) is 0 Å². The first-order valence-electron chi connectivity index (χ1n) is 2.59. The van der Waals surface area contributed by atoms with E-state index in [1.165, 1.54) is 7.06 Å². The summed E-state index contributed by atoms with van der Waals surface area (Å²) in [5, 5.41) is 0. The van der Waals surface area contributed by atoms with E-state index in [1.54, 1.807) is 19.1 Å². The molecule has 2 nitrogen and oxygen atoms in total. The van der Waals surface area contributed by atoms with E-state index in [1.807, 2.05) is 0 Å². The third kappa shape index (κ3) is 4.88. The summed E-state index contributed by atoms with van der Waals surface area (Å²) in [5.74, 6) is 1.55. The number of allylic oxidation sites excluding steroid dienone is 1. The molecule has 9 heavy (non-hydrogen) atoms. The molecule has 46 valence electrons. The van der Waals surface area contributed by atoms with Crippen LogP contribution >= 0.6 is 0 Å². The molecule has 0 rings (SSSR count). The molecule has 0 aromatic heterocycles. The number of hydrogen-bond acceptors (Lipinski definition) is 2. The summed E-state index contributed by atoms with van der Waals surface area (Å²) in [6, 6.07) is 0. The maximum absolute atomic E-state index is 9.90. The van der Waals surface area contributed by atoms with Crippen LogP contribution in [0.5, 0.6) is 0 Å². The van der Waals surface area contributed by atoms with Crippen molar-refractivity contribution in [2.24, 2.45) is 4.90 Å². The minimum atomic E-state index is 0.431. The van der Waals surface area contributed by atoms with Crippen molar-refractivity contribution in [3.8, 4) is 0 Å². The molecule has 0 aliphatic carbocycles. The zero-order chi connectivity index (χ0) is 7.11. The second-order valence-electron chi connectivity index (χ2n) is 1.42. The summed E-state index contributed by atoms with van der Waals surface area (Å²) in [5.41, 5.74) is 0.431. The monoisotopic (exact) mass is 121 g/mol. The fourth-order valence-electron chi connectivity index (χ4n) is 0.264. The molecule has 0 N–H and O–H groups in total. The Labute approximate surface area is 55.2 Å². The molecule has 0 spiro atoms. The standard InChI is InChI=1S/C6H8BNO/c1-3-8-7-4-6(2)5-9/h3-5H,2H2,1H3. The Morgan fingerprint density at radius 2 is 2.44 bits per heavy atom. The predicted molar refractivity (Wildman–Crippen MR) is 41.2 cm³/mol. The van der Waals surface area contributed by atoms with E-state index in [0.29, 0.717) is 11.9 Å². The van der Waals surface area contributed by atoms with Crippen LogP contribution in [0.25, 0.3) is 0 Å². The fraction of sp³-hybridized carbons (Fsp3) is 0.167. The summed E-state index contributed by atoms with van der Waals surface area (Å²) in [6.07, 6.45) is 2.32. The van der Waals surface area contributed by atoms with Crippen molar-refractivity contribution in [2.45, 2.75) is 6.92 Å². The zero-order valence-electron chi connectivity index (χ0n) is 5.37. The SMILES string of the molecule is C=C(C=O)C=BN=CC. The van der Waals surface area contributed by atoms with Crippen molar-refractivity contribution < 1.29 is 4.79 Å². The van der Waals surface area contributed by atoms with Gasteiger partial charge in [0.15, 0.2) is 0 Å². The molecule has 0 bridgehead atoms. The Balaban J connectivity index is 3.70. The van der Waals surface area contributed by atoms with Crippen LogP contribution < -0.4 is 0 Å². The quantitative estimate of drug-likeness (QED) is 0.228. The number of aldehydes is 1. The molecule has 0 heterocycles. The molecule has 0 aliphatic rings. The molecule has 0 fully saturated rings. The molecule has 0 aromatic rings. The van der Waals surface area contributed by atoms with Crippen LogP contribution in [0.3, 0.4) is 0 Å². The van der Waals surface area contributed by atoms with Gasteiger partial charge in [0.05, 0.1) is 0 Å². The Morgan fingerprint density at radius 1 is 1.78 bits per heavy atom. The van der Waals surface area contributed by atoms with E-state index in [9.17, 15) is 4.79 Å². The Morgan fingerprint density at radius 3 is 2.89 bits per heavy atom. The first-order chi connectivity index (χ1) is 4.31. The average Bonchev–Trinajstić information content (AvgIpc) is 1.89. The topological polar surface area (TPSA) is 29.4 Å². The van der Waals surface area contributed by atoms with Gasteiger partial charge in [0.25, 0.3) is 0 Å². The van der Waals surface area contributed by atoms with Crippen LogP contribution in [0.15, 0.2) is 17.1 Å². The van der Waals surface area contributed by atoms with E-state index in [0.717, 1.165) is 0 Å². The fourth-order valence-corrected chi connectivity index (χ4v) is 0.264. The number of carbonyl (C=O) groups is 1. The van der Waals surface area contributed by atoms with Gasteiger partial charge >= 0.3 is 54.3 Å². The van der Waals surface area contributed by atoms with Crippen molar-refractivity contribution in [1.29, 1.82) is 0 Å². The second-order valence-corrected chi connectivity index (χ2v) is 1.42. The number of carbonyl (C=O) groups excluding carboxylic acids is 1. The van der Waals surface area contributed by atoms with Crippen molar-refractivity contribution >= 4 is 25.5 Å². The van der Waals surface area contributed by atoms with Gasteiger partial charge in [-0.25, -0.2) is 0 Å². The zero-order valence-corrected chi connectivity index (χ0v) is 5.37. The first kappa shape index (κ1) is 8.01. The molecule has 0 saturated carbocycles. The Bertz CT molecular complexity index is 160. The van der Waals surface area contributed by atoms with Crippen LogP contribution in [0.2, 0.25) is 0 Å². The van der Waals surface area contributed by atoms with Gasteiger partial charge in [0, 0.05) is 0 Å². The third-order valence-corrected chi connectivity index (χ3v) is 0.675. The summed E-state index contributed by atoms with van der Waals surface area (Å²) < 4.78 is 0. The van der Waals surface area contributed by atoms with Gasteiger partial charge in [0.2, 0.25) is 0 Å². The van der Waals surface area contributed by atoms with Gasteiger partial charge in [-0.05, 0) is 0 Å². The first-order valence-corrected chi connectivity index (χ1v) is 2.59. The average molecular weight is 121 g/mol. The van der Waals surface area contributed by atoms with E-state index in [2.05, 4.69) is 11.5 Å². The third-order valence-electron chi connectivity index (χ3n) is 0.675. The van der Waals surface area contributed by atoms with Crippen molar-refractivity contribution in [3.05, 3.63) is 12.2 Å². The van der Waals surface area contributed by atoms with Crippen LogP contribution in [-0.2, 0) is 4.79 Å². The van der Waals surface area contributed by atoms with Crippen molar-refractivity contribution in [2.75, 3.05) is 0 Å². The summed E-state index contributed by atoms with van der Waals surface area (Å²) >= 11 is 0. The number of nitrogens with zero attached hydrogens (tertiary/aromatic N) is 1. The molecular weight excluding hydrogens is 113 g/mol. The molecule has 0 aromatic carbocycles.